The van der Waals surface area contributed by atoms with Gasteiger partial charge in [-0.1, -0.05) is 42.8 Å². The van der Waals surface area contributed by atoms with Gasteiger partial charge >= 0.3 is 0 Å². The fourth-order valence-electron chi connectivity index (χ4n) is 2.37. The minimum Gasteiger partial charge on any atom is -0.483 e. The highest BCUT2D eigenvalue weighted by Crippen LogP contribution is 2.22. The summed E-state index contributed by atoms with van der Waals surface area (Å²) in [6.45, 7) is 3.77. The molecule has 2 aromatic carbocycles. The molecule has 2 aromatic rings. The minimum absolute atomic E-state index is 0.142. The van der Waals surface area contributed by atoms with E-state index in [1.807, 2.05) is 31.2 Å². The summed E-state index contributed by atoms with van der Waals surface area (Å²) in [7, 11) is 0. The third-order valence-electron chi connectivity index (χ3n) is 3.83. The molecule has 0 fully saturated rings. The van der Waals surface area contributed by atoms with Crippen molar-refractivity contribution in [2.24, 2.45) is 5.73 Å². The van der Waals surface area contributed by atoms with Crippen LogP contribution in [-0.2, 0) is 11.2 Å². The van der Waals surface area contributed by atoms with Gasteiger partial charge in [0.05, 0.1) is 11.6 Å². The number of hydrogen-bond donors (Lipinski definition) is 2. The zero-order valence-electron chi connectivity index (χ0n) is 14.2. The number of benzene rings is 2. The van der Waals surface area contributed by atoms with Gasteiger partial charge in [-0.25, -0.2) is 0 Å². The summed E-state index contributed by atoms with van der Waals surface area (Å²) in [4.78, 5) is 23.5. The van der Waals surface area contributed by atoms with Crippen molar-refractivity contribution in [3.63, 3.8) is 0 Å². The molecule has 0 heterocycles. The number of halogens is 1. The van der Waals surface area contributed by atoms with Crippen LogP contribution in [0.25, 0.3) is 0 Å². The van der Waals surface area contributed by atoms with Crippen LogP contribution >= 0.6 is 11.6 Å². The molecule has 2 amide bonds. The number of carbonyl (C=O) groups is 2. The average molecular weight is 361 g/mol. The number of primary amides is 1. The van der Waals surface area contributed by atoms with E-state index in [2.05, 4.69) is 12.2 Å². The highest BCUT2D eigenvalue weighted by atomic mass is 35.5. The maximum atomic E-state index is 12.1. The van der Waals surface area contributed by atoms with Gasteiger partial charge in [0.15, 0.2) is 6.61 Å². The SMILES string of the molecule is CCc1ccc([C@H](C)NC(=O)COc2ccc(Cl)cc2C(N)=O)cc1. The second-order valence-corrected chi connectivity index (χ2v) is 6.11. The van der Waals surface area contributed by atoms with E-state index in [4.69, 9.17) is 22.1 Å². The van der Waals surface area contributed by atoms with Crippen molar-refractivity contribution in [3.8, 4) is 5.75 Å². The number of aryl methyl sites for hydroxylation is 1. The minimum atomic E-state index is -0.665. The Kier molecular flexibility index (Phi) is 6.42. The van der Waals surface area contributed by atoms with E-state index in [1.165, 1.54) is 17.7 Å². The fourth-order valence-corrected chi connectivity index (χ4v) is 2.54. The highest BCUT2D eigenvalue weighted by molar-refractivity contribution is 6.31. The molecule has 6 heteroatoms. The van der Waals surface area contributed by atoms with E-state index in [0.717, 1.165) is 12.0 Å². The Balaban J connectivity index is 1.95. The maximum Gasteiger partial charge on any atom is 0.258 e. The quantitative estimate of drug-likeness (QED) is 0.795. The number of hydrogen-bond acceptors (Lipinski definition) is 3. The monoisotopic (exact) mass is 360 g/mol. The maximum absolute atomic E-state index is 12.1. The van der Waals surface area contributed by atoms with E-state index < -0.39 is 5.91 Å². The molecule has 0 saturated carbocycles. The van der Waals surface area contributed by atoms with Crippen LogP contribution < -0.4 is 15.8 Å². The topological polar surface area (TPSA) is 81.4 Å². The molecular weight excluding hydrogens is 340 g/mol. The molecule has 0 bridgehead atoms. The summed E-state index contributed by atoms with van der Waals surface area (Å²) >= 11 is 5.84. The molecule has 0 saturated heterocycles. The first-order valence-electron chi connectivity index (χ1n) is 8.01. The van der Waals surface area contributed by atoms with Crippen LogP contribution in [0.4, 0.5) is 0 Å². The first-order valence-corrected chi connectivity index (χ1v) is 8.38. The molecule has 0 radical (unpaired) electrons. The molecule has 0 aliphatic heterocycles. The smallest absolute Gasteiger partial charge is 0.258 e. The summed E-state index contributed by atoms with van der Waals surface area (Å²) in [5, 5.41) is 3.23. The molecule has 25 heavy (non-hydrogen) atoms. The van der Waals surface area contributed by atoms with Gasteiger partial charge in [0.1, 0.15) is 5.75 Å². The Bertz CT molecular complexity index is 760. The lowest BCUT2D eigenvalue weighted by atomic mass is 10.1. The summed E-state index contributed by atoms with van der Waals surface area (Å²) in [6, 6.07) is 12.4. The van der Waals surface area contributed by atoms with Gasteiger partial charge in [-0.2, -0.15) is 0 Å². The molecule has 0 aromatic heterocycles. The van der Waals surface area contributed by atoms with Gasteiger partial charge in [0, 0.05) is 5.02 Å². The lowest BCUT2D eigenvalue weighted by Gasteiger charge is -2.16. The van der Waals surface area contributed by atoms with Gasteiger partial charge < -0.3 is 15.8 Å². The Morgan fingerprint density at radius 3 is 2.48 bits per heavy atom. The van der Waals surface area contributed by atoms with Crippen LogP contribution in [0.15, 0.2) is 42.5 Å². The van der Waals surface area contributed by atoms with Gasteiger partial charge in [-0.15, -0.1) is 0 Å². The summed E-state index contributed by atoms with van der Waals surface area (Å²) < 4.78 is 5.42. The van der Waals surface area contributed by atoms with E-state index in [1.54, 1.807) is 6.07 Å². The standard InChI is InChI=1S/C19H21ClN2O3/c1-3-13-4-6-14(7-5-13)12(2)22-18(23)11-25-17-9-8-15(20)10-16(17)19(21)24/h4-10,12H,3,11H2,1-2H3,(H2,21,24)(H,22,23)/t12-/m0/s1. The lowest BCUT2D eigenvalue weighted by molar-refractivity contribution is -0.123. The predicted octanol–water partition coefficient (Wildman–Crippen LogP) is 3.26. The van der Waals surface area contributed by atoms with Gasteiger partial charge in [0.25, 0.3) is 11.8 Å². The third kappa shape index (κ3) is 5.22. The van der Waals surface area contributed by atoms with E-state index in [9.17, 15) is 9.59 Å². The van der Waals surface area contributed by atoms with Crippen LogP contribution in [0.1, 0.15) is 41.4 Å². The number of ether oxygens (including phenoxy) is 1. The van der Waals surface area contributed by atoms with Gasteiger partial charge in [-0.05, 0) is 42.7 Å². The number of rotatable bonds is 7. The Morgan fingerprint density at radius 2 is 1.88 bits per heavy atom. The molecule has 0 aliphatic rings. The van der Waals surface area contributed by atoms with Crippen molar-refractivity contribution in [3.05, 3.63) is 64.2 Å². The summed E-state index contributed by atoms with van der Waals surface area (Å²) in [5.41, 5.74) is 7.69. The molecule has 0 unspecified atom stereocenters. The fraction of sp³-hybridized carbons (Fsp3) is 0.263. The molecule has 132 valence electrons. The first kappa shape index (κ1) is 18.8. The molecule has 5 nitrogen and oxygen atoms in total. The van der Waals surface area contributed by atoms with Crippen LogP contribution in [0.2, 0.25) is 5.02 Å². The van der Waals surface area contributed by atoms with Crippen molar-refractivity contribution in [2.75, 3.05) is 6.61 Å². The zero-order valence-corrected chi connectivity index (χ0v) is 15.0. The average Bonchev–Trinajstić information content (AvgIpc) is 2.60. The van der Waals surface area contributed by atoms with E-state index >= 15 is 0 Å². The summed E-state index contributed by atoms with van der Waals surface area (Å²) in [6.07, 6.45) is 0.970. The second kappa shape index (κ2) is 8.53. The van der Waals surface area contributed by atoms with Gasteiger partial charge in [0.2, 0.25) is 0 Å². The van der Waals surface area contributed by atoms with Crippen molar-refractivity contribution in [1.29, 1.82) is 0 Å². The number of carbonyl (C=O) groups excluding carboxylic acids is 2. The van der Waals surface area contributed by atoms with Crippen LogP contribution in [-0.4, -0.2) is 18.4 Å². The third-order valence-corrected chi connectivity index (χ3v) is 4.07. The Morgan fingerprint density at radius 1 is 1.20 bits per heavy atom. The molecular formula is C19H21ClN2O3. The molecule has 2 rings (SSSR count). The normalized spacial score (nSPS) is 11.6. The zero-order chi connectivity index (χ0) is 18.4. The summed E-state index contributed by atoms with van der Waals surface area (Å²) in [5.74, 6) is -0.730. The van der Waals surface area contributed by atoms with Crippen LogP contribution in [0, 0.1) is 0 Å². The lowest BCUT2D eigenvalue weighted by Crippen LogP contribution is -2.31. The van der Waals surface area contributed by atoms with Crippen molar-refractivity contribution in [1.82, 2.24) is 5.32 Å². The van der Waals surface area contributed by atoms with Gasteiger partial charge in [-0.3, -0.25) is 9.59 Å². The number of amides is 2. The highest BCUT2D eigenvalue weighted by Gasteiger charge is 2.14. The predicted molar refractivity (Wildman–Crippen MR) is 97.8 cm³/mol. The molecule has 0 spiro atoms. The Hall–Kier alpha value is -2.53. The van der Waals surface area contributed by atoms with E-state index in [-0.39, 0.29) is 29.9 Å². The largest absolute Gasteiger partial charge is 0.483 e. The number of nitrogens with two attached hydrogens (primary N) is 1. The molecule has 1 atom stereocenters. The second-order valence-electron chi connectivity index (χ2n) is 5.68. The van der Waals surface area contributed by atoms with Crippen molar-refractivity contribution in [2.45, 2.75) is 26.3 Å². The molecule has 3 N–H and O–H groups in total. The van der Waals surface area contributed by atoms with Crippen LogP contribution in [0.3, 0.4) is 0 Å². The van der Waals surface area contributed by atoms with Crippen LogP contribution in [0.5, 0.6) is 5.75 Å². The van der Waals surface area contributed by atoms with Crippen molar-refractivity contribution >= 4 is 23.4 Å². The van der Waals surface area contributed by atoms with Crippen molar-refractivity contribution < 1.29 is 14.3 Å². The number of nitrogens with one attached hydrogen (secondary N) is 1. The Labute approximate surface area is 152 Å². The molecule has 0 aliphatic carbocycles. The van der Waals surface area contributed by atoms with E-state index in [0.29, 0.717) is 5.02 Å². The first-order chi connectivity index (χ1) is 11.9.